The molecule has 1 amide bonds. The lowest BCUT2D eigenvalue weighted by atomic mass is 10.0. The van der Waals surface area contributed by atoms with Crippen LogP contribution in [0.3, 0.4) is 0 Å². The van der Waals surface area contributed by atoms with Crippen LogP contribution in [0.25, 0.3) is 0 Å². The highest BCUT2D eigenvalue weighted by atomic mass is 16.6. The summed E-state index contributed by atoms with van der Waals surface area (Å²) in [5.74, 6) is 0.213. The van der Waals surface area contributed by atoms with E-state index in [0.29, 0.717) is 11.7 Å². The number of benzene rings is 1. The van der Waals surface area contributed by atoms with Gasteiger partial charge in [0.2, 0.25) is 0 Å². The Labute approximate surface area is 124 Å². The Hall–Kier alpha value is -2.30. The lowest BCUT2D eigenvalue weighted by Crippen LogP contribution is -2.37. The number of amides is 1. The maximum absolute atomic E-state index is 11.8. The van der Waals surface area contributed by atoms with Gasteiger partial charge in [-0.1, -0.05) is 32.6 Å². The van der Waals surface area contributed by atoms with Gasteiger partial charge in [-0.2, -0.15) is 0 Å². The van der Waals surface area contributed by atoms with Crippen LogP contribution in [0.4, 0.5) is 4.79 Å². The fraction of sp³-hybridized carbons (Fsp3) is 0.375. The summed E-state index contributed by atoms with van der Waals surface area (Å²) >= 11 is 0. The number of ether oxygens (including phenoxy) is 2. The smallest absolute Gasteiger partial charge is 0.415 e. The molecule has 0 fully saturated rings. The van der Waals surface area contributed by atoms with Crippen molar-refractivity contribution in [1.82, 2.24) is 5.32 Å². The molecule has 5 heteroatoms. The topological polar surface area (TPSA) is 64.6 Å². The minimum atomic E-state index is -0.795. The van der Waals surface area contributed by atoms with Crippen LogP contribution in [-0.4, -0.2) is 18.3 Å². The largest absolute Gasteiger partial charge is 0.439 e. The van der Waals surface area contributed by atoms with Gasteiger partial charge in [0.15, 0.2) is 6.23 Å². The molecule has 1 unspecified atom stereocenters. The second kappa shape index (κ2) is 7.47. The van der Waals surface area contributed by atoms with E-state index >= 15 is 0 Å². The third-order valence-corrected chi connectivity index (χ3v) is 2.86. The maximum Gasteiger partial charge on any atom is 0.415 e. The lowest BCUT2D eigenvalue weighted by molar-refractivity contribution is -0.143. The normalized spacial score (nSPS) is 11.7. The molecule has 0 saturated carbocycles. The molecule has 1 N–H and O–H groups in total. The van der Waals surface area contributed by atoms with Gasteiger partial charge in [-0.25, -0.2) is 9.59 Å². The molecular formula is C16H21NO4. The fourth-order valence-electron chi connectivity index (χ4n) is 1.63. The molecule has 0 bridgehead atoms. The highest BCUT2D eigenvalue weighted by molar-refractivity contribution is 5.81. The molecule has 1 rings (SSSR count). The van der Waals surface area contributed by atoms with Crippen molar-refractivity contribution in [2.45, 2.75) is 39.8 Å². The van der Waals surface area contributed by atoms with Gasteiger partial charge in [0.1, 0.15) is 5.75 Å². The van der Waals surface area contributed by atoms with Crippen molar-refractivity contribution in [2.75, 3.05) is 0 Å². The Morgan fingerprint density at radius 3 is 2.52 bits per heavy atom. The van der Waals surface area contributed by atoms with Crippen molar-refractivity contribution in [3.63, 3.8) is 0 Å². The van der Waals surface area contributed by atoms with Crippen molar-refractivity contribution in [3.8, 4) is 5.75 Å². The van der Waals surface area contributed by atoms with Gasteiger partial charge in [-0.05, 0) is 37.0 Å². The molecule has 1 atom stereocenters. The fourth-order valence-corrected chi connectivity index (χ4v) is 1.63. The van der Waals surface area contributed by atoms with Crippen LogP contribution >= 0.6 is 0 Å². The number of rotatable bonds is 5. The Balaban J connectivity index is 2.68. The van der Waals surface area contributed by atoms with Crippen LogP contribution in [0.5, 0.6) is 5.75 Å². The molecule has 0 aromatic heterocycles. The van der Waals surface area contributed by atoms with E-state index in [2.05, 4.69) is 25.7 Å². The van der Waals surface area contributed by atoms with E-state index in [4.69, 9.17) is 9.47 Å². The number of esters is 1. The molecule has 0 heterocycles. The summed E-state index contributed by atoms with van der Waals surface area (Å²) in [5, 5.41) is 2.42. The van der Waals surface area contributed by atoms with E-state index in [-0.39, 0.29) is 0 Å². The SMILES string of the molecule is C=CC(=O)OC(C)NC(=O)Oc1cc(C(C)C)ccc1C. The van der Waals surface area contributed by atoms with E-state index in [0.717, 1.165) is 17.2 Å². The van der Waals surface area contributed by atoms with Gasteiger partial charge in [-0.3, -0.25) is 5.32 Å². The number of carbonyl (C=O) groups is 2. The van der Waals surface area contributed by atoms with E-state index in [1.165, 1.54) is 6.92 Å². The summed E-state index contributed by atoms with van der Waals surface area (Å²) in [5.41, 5.74) is 1.93. The Kier molecular flexibility index (Phi) is 5.96. The van der Waals surface area contributed by atoms with Crippen LogP contribution < -0.4 is 10.1 Å². The van der Waals surface area contributed by atoms with Crippen LogP contribution in [0.1, 0.15) is 37.8 Å². The Morgan fingerprint density at radius 2 is 1.95 bits per heavy atom. The van der Waals surface area contributed by atoms with Gasteiger partial charge < -0.3 is 9.47 Å². The third-order valence-electron chi connectivity index (χ3n) is 2.86. The first-order valence-corrected chi connectivity index (χ1v) is 6.75. The Morgan fingerprint density at radius 1 is 1.29 bits per heavy atom. The lowest BCUT2D eigenvalue weighted by Gasteiger charge is -2.15. The number of carbonyl (C=O) groups excluding carboxylic acids is 2. The summed E-state index contributed by atoms with van der Waals surface area (Å²) in [7, 11) is 0. The summed E-state index contributed by atoms with van der Waals surface area (Å²) in [6.07, 6.45) is -0.445. The number of aryl methyl sites for hydroxylation is 1. The Bertz CT molecular complexity index is 537. The maximum atomic E-state index is 11.8. The van der Waals surface area contributed by atoms with Gasteiger partial charge in [-0.15, -0.1) is 0 Å². The second-order valence-corrected chi connectivity index (χ2v) is 5.00. The number of nitrogens with one attached hydrogen (secondary N) is 1. The summed E-state index contributed by atoms with van der Waals surface area (Å²) in [6, 6.07) is 5.73. The van der Waals surface area contributed by atoms with E-state index in [1.807, 2.05) is 25.1 Å². The molecule has 0 radical (unpaired) electrons. The summed E-state index contributed by atoms with van der Waals surface area (Å²) in [4.78, 5) is 22.8. The highest BCUT2D eigenvalue weighted by Gasteiger charge is 2.13. The van der Waals surface area contributed by atoms with E-state index in [9.17, 15) is 9.59 Å². The molecule has 1 aromatic carbocycles. The predicted molar refractivity (Wildman–Crippen MR) is 80.2 cm³/mol. The van der Waals surface area contributed by atoms with Crippen LogP contribution in [0.15, 0.2) is 30.9 Å². The predicted octanol–water partition coefficient (Wildman–Crippen LogP) is 3.28. The quantitative estimate of drug-likeness (QED) is 0.513. The monoisotopic (exact) mass is 291 g/mol. The molecule has 0 aliphatic rings. The first-order chi connectivity index (χ1) is 9.83. The zero-order valence-electron chi connectivity index (χ0n) is 12.8. The molecule has 0 aliphatic heterocycles. The second-order valence-electron chi connectivity index (χ2n) is 5.00. The molecule has 0 saturated heterocycles. The number of hydrogen-bond acceptors (Lipinski definition) is 4. The molecular weight excluding hydrogens is 270 g/mol. The zero-order chi connectivity index (χ0) is 16.0. The first-order valence-electron chi connectivity index (χ1n) is 6.75. The van der Waals surface area contributed by atoms with Crippen LogP contribution in [-0.2, 0) is 9.53 Å². The highest BCUT2D eigenvalue weighted by Crippen LogP contribution is 2.24. The summed E-state index contributed by atoms with van der Waals surface area (Å²) < 4.78 is 10.1. The van der Waals surface area contributed by atoms with E-state index in [1.54, 1.807) is 0 Å². The molecule has 21 heavy (non-hydrogen) atoms. The van der Waals surface area contributed by atoms with Gasteiger partial charge in [0, 0.05) is 6.08 Å². The van der Waals surface area contributed by atoms with Gasteiger partial charge in [0.05, 0.1) is 0 Å². The van der Waals surface area contributed by atoms with Gasteiger partial charge in [0.25, 0.3) is 0 Å². The molecule has 5 nitrogen and oxygen atoms in total. The van der Waals surface area contributed by atoms with Crippen molar-refractivity contribution in [3.05, 3.63) is 42.0 Å². The van der Waals surface area contributed by atoms with Crippen LogP contribution in [0.2, 0.25) is 0 Å². The first kappa shape index (κ1) is 16.8. The summed E-state index contributed by atoms with van der Waals surface area (Å²) in [6.45, 7) is 10.8. The molecule has 114 valence electrons. The average molecular weight is 291 g/mol. The van der Waals surface area contributed by atoms with Crippen molar-refractivity contribution < 1.29 is 19.1 Å². The van der Waals surface area contributed by atoms with Crippen molar-refractivity contribution >= 4 is 12.1 Å². The minimum Gasteiger partial charge on any atom is -0.439 e. The van der Waals surface area contributed by atoms with E-state index < -0.39 is 18.3 Å². The van der Waals surface area contributed by atoms with Crippen molar-refractivity contribution in [2.24, 2.45) is 0 Å². The third kappa shape index (κ3) is 5.30. The molecule has 0 aliphatic carbocycles. The number of hydrogen-bond donors (Lipinski definition) is 1. The van der Waals surface area contributed by atoms with Crippen molar-refractivity contribution in [1.29, 1.82) is 0 Å². The minimum absolute atomic E-state index is 0.337. The van der Waals surface area contributed by atoms with Gasteiger partial charge >= 0.3 is 12.1 Å². The standard InChI is InChI=1S/C16H21NO4/c1-6-15(18)20-12(5)17-16(19)21-14-9-13(10(2)3)8-7-11(14)4/h6-10,12H,1H2,2-5H3,(H,17,19). The molecule has 1 aromatic rings. The average Bonchev–Trinajstić information content (AvgIpc) is 2.40. The molecule has 0 spiro atoms. The zero-order valence-corrected chi connectivity index (χ0v) is 12.8. The van der Waals surface area contributed by atoms with Crippen LogP contribution in [0, 0.1) is 6.92 Å².